The van der Waals surface area contributed by atoms with Crippen molar-refractivity contribution < 1.29 is 4.79 Å². The summed E-state index contributed by atoms with van der Waals surface area (Å²) < 4.78 is 0. The molecule has 21 heavy (non-hydrogen) atoms. The molecule has 1 rings (SSSR count). The standard InChI is InChI=1S/C17H19N3O/c1-4-5-6-13(3)20-17(21)15-9-7-14(8-10-15)16(19)12(2)11-18/h4-10,19H,1-3,11,18H2,(H,20,21)/b6-5-,19-16?. The molecule has 0 spiro atoms. The lowest BCUT2D eigenvalue weighted by atomic mass is 10.0. The van der Waals surface area contributed by atoms with Gasteiger partial charge in [0, 0.05) is 17.8 Å². The molecule has 0 fully saturated rings. The van der Waals surface area contributed by atoms with E-state index in [0.717, 1.165) is 0 Å². The van der Waals surface area contributed by atoms with E-state index in [0.29, 0.717) is 22.4 Å². The van der Waals surface area contributed by atoms with Gasteiger partial charge in [-0.15, -0.1) is 0 Å². The van der Waals surface area contributed by atoms with E-state index >= 15 is 0 Å². The maximum atomic E-state index is 12.0. The number of amides is 1. The number of carbonyl (C=O) groups is 1. The van der Waals surface area contributed by atoms with Crippen LogP contribution in [0.3, 0.4) is 0 Å². The first-order valence-electron chi connectivity index (χ1n) is 6.36. The summed E-state index contributed by atoms with van der Waals surface area (Å²) in [5, 5.41) is 10.5. The van der Waals surface area contributed by atoms with Gasteiger partial charge >= 0.3 is 0 Å². The van der Waals surface area contributed by atoms with Crippen molar-refractivity contribution in [3.63, 3.8) is 0 Å². The Morgan fingerprint density at radius 2 is 1.81 bits per heavy atom. The SMILES string of the molecule is C=C/C=C\C(=C)NC(=O)c1ccc(C(=N)C(=C)CN)cc1. The first kappa shape index (κ1) is 16.3. The van der Waals surface area contributed by atoms with E-state index < -0.39 is 0 Å². The Bertz CT molecular complexity index is 609. The van der Waals surface area contributed by atoms with Gasteiger partial charge in [0.25, 0.3) is 5.91 Å². The van der Waals surface area contributed by atoms with Crippen LogP contribution in [0, 0.1) is 5.41 Å². The summed E-state index contributed by atoms with van der Waals surface area (Å²) >= 11 is 0. The average molecular weight is 281 g/mol. The molecule has 1 aromatic carbocycles. The molecule has 0 aliphatic heterocycles. The Hall–Kier alpha value is -2.72. The van der Waals surface area contributed by atoms with E-state index in [1.165, 1.54) is 0 Å². The minimum Gasteiger partial charge on any atom is -0.326 e. The molecule has 0 radical (unpaired) electrons. The van der Waals surface area contributed by atoms with E-state index in [2.05, 4.69) is 25.1 Å². The Kier molecular flexibility index (Phi) is 6.04. The van der Waals surface area contributed by atoms with Crippen molar-refractivity contribution >= 4 is 11.6 Å². The fourth-order valence-electron chi connectivity index (χ4n) is 1.54. The summed E-state index contributed by atoms with van der Waals surface area (Å²) in [5.41, 5.74) is 7.92. The third-order valence-corrected chi connectivity index (χ3v) is 2.74. The molecule has 0 atom stereocenters. The Labute approximate surface area is 124 Å². The number of nitrogens with one attached hydrogen (secondary N) is 2. The first-order valence-corrected chi connectivity index (χ1v) is 6.36. The summed E-state index contributed by atoms with van der Waals surface area (Å²) in [6, 6.07) is 6.68. The maximum absolute atomic E-state index is 12.0. The van der Waals surface area contributed by atoms with E-state index in [9.17, 15) is 4.79 Å². The van der Waals surface area contributed by atoms with Crippen molar-refractivity contribution in [3.05, 3.63) is 84.6 Å². The van der Waals surface area contributed by atoms with Gasteiger partial charge in [-0.05, 0) is 29.3 Å². The van der Waals surface area contributed by atoms with Crippen molar-refractivity contribution in [1.29, 1.82) is 5.41 Å². The number of hydrogen-bond donors (Lipinski definition) is 3. The Morgan fingerprint density at radius 1 is 1.24 bits per heavy atom. The van der Waals surface area contributed by atoms with Gasteiger partial charge in [-0.25, -0.2) is 0 Å². The lowest BCUT2D eigenvalue weighted by Gasteiger charge is -2.08. The fraction of sp³-hybridized carbons (Fsp3) is 0.0588. The van der Waals surface area contributed by atoms with E-state index in [4.69, 9.17) is 11.1 Å². The van der Waals surface area contributed by atoms with Gasteiger partial charge in [0.05, 0.1) is 5.71 Å². The lowest BCUT2D eigenvalue weighted by Crippen LogP contribution is -2.21. The fourth-order valence-corrected chi connectivity index (χ4v) is 1.54. The highest BCUT2D eigenvalue weighted by Gasteiger charge is 2.08. The quantitative estimate of drug-likeness (QED) is 0.530. The number of carbonyl (C=O) groups excluding carboxylic acids is 1. The normalized spacial score (nSPS) is 10.1. The van der Waals surface area contributed by atoms with Crippen LogP contribution in [-0.2, 0) is 0 Å². The van der Waals surface area contributed by atoms with Crippen molar-refractivity contribution in [3.8, 4) is 0 Å². The van der Waals surface area contributed by atoms with Gasteiger partial charge < -0.3 is 11.1 Å². The molecule has 0 saturated heterocycles. The molecule has 0 aromatic heterocycles. The second kappa shape index (κ2) is 7.77. The molecule has 1 amide bonds. The minimum absolute atomic E-state index is 0.233. The van der Waals surface area contributed by atoms with Crippen LogP contribution in [0.1, 0.15) is 15.9 Å². The van der Waals surface area contributed by atoms with Crippen molar-refractivity contribution in [2.75, 3.05) is 6.54 Å². The zero-order valence-corrected chi connectivity index (χ0v) is 11.9. The summed E-state index contributed by atoms with van der Waals surface area (Å²) in [4.78, 5) is 12.0. The number of hydrogen-bond acceptors (Lipinski definition) is 3. The maximum Gasteiger partial charge on any atom is 0.255 e. The van der Waals surface area contributed by atoms with Crippen LogP contribution < -0.4 is 11.1 Å². The summed E-state index contributed by atoms with van der Waals surface area (Å²) in [6.07, 6.45) is 4.94. The predicted octanol–water partition coefficient (Wildman–Crippen LogP) is 2.56. The first-order chi connectivity index (χ1) is 9.99. The molecule has 0 aliphatic carbocycles. The highest BCUT2D eigenvalue weighted by Crippen LogP contribution is 2.09. The molecule has 0 unspecified atom stereocenters. The zero-order chi connectivity index (χ0) is 15.8. The molecule has 4 heteroatoms. The number of allylic oxidation sites excluding steroid dienone is 3. The zero-order valence-electron chi connectivity index (χ0n) is 11.9. The molecule has 0 aliphatic rings. The van der Waals surface area contributed by atoms with Crippen molar-refractivity contribution in [2.24, 2.45) is 5.73 Å². The summed E-state index contributed by atoms with van der Waals surface area (Å²) in [5.74, 6) is -0.260. The third kappa shape index (κ3) is 4.71. The third-order valence-electron chi connectivity index (χ3n) is 2.74. The minimum atomic E-state index is -0.260. The van der Waals surface area contributed by atoms with Crippen molar-refractivity contribution in [1.82, 2.24) is 5.32 Å². The van der Waals surface area contributed by atoms with Crippen LogP contribution in [0.2, 0.25) is 0 Å². The highest BCUT2D eigenvalue weighted by molar-refractivity contribution is 6.10. The topological polar surface area (TPSA) is 79.0 Å². The van der Waals surface area contributed by atoms with Crippen LogP contribution >= 0.6 is 0 Å². The molecule has 4 nitrogen and oxygen atoms in total. The summed E-state index contributed by atoms with van der Waals surface area (Å²) in [7, 11) is 0. The van der Waals surface area contributed by atoms with Gasteiger partial charge in [-0.1, -0.05) is 44.0 Å². The predicted molar refractivity (Wildman–Crippen MR) is 87.4 cm³/mol. The van der Waals surface area contributed by atoms with Crippen LogP contribution in [0.15, 0.2) is 73.5 Å². The molecular formula is C17H19N3O. The number of benzene rings is 1. The molecule has 4 N–H and O–H groups in total. The largest absolute Gasteiger partial charge is 0.326 e. The average Bonchev–Trinajstić information content (AvgIpc) is 2.51. The second-order valence-electron chi connectivity index (χ2n) is 4.33. The van der Waals surface area contributed by atoms with E-state index in [-0.39, 0.29) is 18.2 Å². The monoisotopic (exact) mass is 281 g/mol. The van der Waals surface area contributed by atoms with E-state index in [1.54, 1.807) is 42.5 Å². The number of nitrogens with two attached hydrogens (primary N) is 1. The van der Waals surface area contributed by atoms with Gasteiger partial charge in [0.15, 0.2) is 0 Å². The molecule has 0 bridgehead atoms. The van der Waals surface area contributed by atoms with E-state index in [1.807, 2.05) is 0 Å². The summed E-state index contributed by atoms with van der Waals surface area (Å²) in [6.45, 7) is 11.2. The Morgan fingerprint density at radius 3 is 2.33 bits per heavy atom. The molecular weight excluding hydrogens is 262 g/mol. The smallest absolute Gasteiger partial charge is 0.255 e. The van der Waals surface area contributed by atoms with Gasteiger partial charge in [-0.3, -0.25) is 10.2 Å². The number of rotatable bonds is 7. The lowest BCUT2D eigenvalue weighted by molar-refractivity contribution is 0.0967. The van der Waals surface area contributed by atoms with Gasteiger partial charge in [0.1, 0.15) is 0 Å². The van der Waals surface area contributed by atoms with Gasteiger partial charge in [-0.2, -0.15) is 0 Å². The van der Waals surface area contributed by atoms with Crippen molar-refractivity contribution in [2.45, 2.75) is 0 Å². The molecule has 1 aromatic rings. The molecule has 0 heterocycles. The second-order valence-corrected chi connectivity index (χ2v) is 4.33. The highest BCUT2D eigenvalue weighted by atomic mass is 16.1. The Balaban J connectivity index is 2.78. The van der Waals surface area contributed by atoms with Gasteiger partial charge in [0.2, 0.25) is 0 Å². The van der Waals surface area contributed by atoms with Crippen LogP contribution in [0.5, 0.6) is 0 Å². The molecule has 0 saturated carbocycles. The molecule has 108 valence electrons. The van der Waals surface area contributed by atoms with Crippen LogP contribution in [-0.4, -0.2) is 18.2 Å². The van der Waals surface area contributed by atoms with Crippen LogP contribution in [0.4, 0.5) is 0 Å². The van der Waals surface area contributed by atoms with Crippen LogP contribution in [0.25, 0.3) is 0 Å².